The topological polar surface area (TPSA) is 59.9 Å². The first-order valence-corrected chi connectivity index (χ1v) is 5.88. The van der Waals surface area contributed by atoms with Crippen molar-refractivity contribution >= 4 is 11.8 Å². The fraction of sp³-hybridized carbons (Fsp3) is 0.385. The van der Waals surface area contributed by atoms with Crippen molar-refractivity contribution < 1.29 is 14.4 Å². The van der Waals surface area contributed by atoms with Crippen molar-refractivity contribution in [2.24, 2.45) is 5.16 Å². The van der Waals surface area contributed by atoms with Gasteiger partial charge in [-0.1, -0.05) is 35.5 Å². The van der Waals surface area contributed by atoms with Gasteiger partial charge < -0.3 is 14.9 Å². The molecule has 0 saturated carbocycles. The van der Waals surface area contributed by atoms with Crippen LogP contribution in [0.3, 0.4) is 0 Å². The van der Waals surface area contributed by atoms with E-state index in [-0.39, 0.29) is 12.7 Å². The van der Waals surface area contributed by atoms with Crippen molar-refractivity contribution in [3.05, 3.63) is 35.9 Å². The smallest absolute Gasteiger partial charge is 0.407 e. The monoisotopic (exact) mass is 248 g/mol. The van der Waals surface area contributed by atoms with Gasteiger partial charge in [0, 0.05) is 6.42 Å². The van der Waals surface area contributed by atoms with Crippen LogP contribution in [0.5, 0.6) is 0 Å². The molecule has 0 radical (unpaired) electrons. The predicted molar refractivity (Wildman–Crippen MR) is 67.2 cm³/mol. The number of oxime groups is 1. The molecule has 1 aromatic carbocycles. The van der Waals surface area contributed by atoms with Gasteiger partial charge in [0.15, 0.2) is 0 Å². The molecule has 1 aromatic rings. The lowest BCUT2D eigenvalue weighted by Gasteiger charge is -2.10. The third-order valence-electron chi connectivity index (χ3n) is 2.57. The summed E-state index contributed by atoms with van der Waals surface area (Å²) in [6.45, 7) is 2.58. The first kappa shape index (κ1) is 12.4. The molecule has 5 heteroatoms. The average Bonchev–Trinajstić information content (AvgIpc) is 2.81. The molecule has 96 valence electrons. The highest BCUT2D eigenvalue weighted by atomic mass is 16.6. The minimum absolute atomic E-state index is 0.0747. The molecular weight excluding hydrogens is 232 g/mol. The van der Waals surface area contributed by atoms with Crippen molar-refractivity contribution in [1.29, 1.82) is 0 Å². The highest BCUT2D eigenvalue weighted by molar-refractivity contribution is 5.82. The Labute approximate surface area is 106 Å². The third kappa shape index (κ3) is 3.76. The normalized spacial score (nSPS) is 17.8. The molecule has 0 saturated heterocycles. The van der Waals surface area contributed by atoms with Crippen LogP contribution in [-0.2, 0) is 16.2 Å². The minimum Gasteiger partial charge on any atom is -0.445 e. The van der Waals surface area contributed by atoms with E-state index in [1.165, 1.54) is 0 Å². The molecule has 1 atom stereocenters. The summed E-state index contributed by atoms with van der Waals surface area (Å²) in [5, 5.41) is 6.47. The largest absolute Gasteiger partial charge is 0.445 e. The Bertz CT molecular complexity index is 431. The number of rotatable bonds is 4. The summed E-state index contributed by atoms with van der Waals surface area (Å²) in [6.07, 6.45) is 0.236. The molecule has 1 amide bonds. The van der Waals surface area contributed by atoms with Crippen molar-refractivity contribution in [2.45, 2.75) is 26.1 Å². The van der Waals surface area contributed by atoms with Crippen LogP contribution in [0.2, 0.25) is 0 Å². The number of ether oxygens (including phenoxy) is 1. The van der Waals surface area contributed by atoms with E-state index in [1.807, 2.05) is 37.3 Å². The molecule has 1 heterocycles. The maximum Gasteiger partial charge on any atom is 0.407 e. The standard InChI is InChI=1S/C13H16N2O3/c1-10-7-12(18-15-10)8-14-13(16)17-9-11-5-3-2-4-6-11/h2-6,12H,7-9H2,1H3,(H,14,16). The van der Waals surface area contributed by atoms with E-state index in [4.69, 9.17) is 9.57 Å². The van der Waals surface area contributed by atoms with Crippen LogP contribution in [0.4, 0.5) is 4.79 Å². The highest BCUT2D eigenvalue weighted by Gasteiger charge is 2.18. The number of nitrogens with zero attached hydrogens (tertiary/aromatic N) is 1. The molecule has 1 unspecified atom stereocenters. The number of alkyl carbamates (subject to hydrolysis) is 1. The SMILES string of the molecule is CC1=NOC(CNC(=O)OCc2ccccc2)C1. The molecule has 0 aromatic heterocycles. The van der Waals surface area contributed by atoms with Gasteiger partial charge in [0.2, 0.25) is 0 Å². The van der Waals surface area contributed by atoms with Gasteiger partial charge in [-0.15, -0.1) is 0 Å². The number of hydrogen-bond acceptors (Lipinski definition) is 4. The van der Waals surface area contributed by atoms with Crippen LogP contribution in [0, 0.1) is 0 Å². The second kappa shape index (κ2) is 6.05. The molecule has 0 fully saturated rings. The number of hydrogen-bond donors (Lipinski definition) is 1. The zero-order valence-electron chi connectivity index (χ0n) is 10.3. The van der Waals surface area contributed by atoms with Crippen molar-refractivity contribution in [3.63, 3.8) is 0 Å². The molecule has 2 rings (SSSR count). The fourth-order valence-electron chi connectivity index (χ4n) is 1.65. The molecular formula is C13H16N2O3. The summed E-state index contributed by atoms with van der Waals surface area (Å²) in [5.74, 6) is 0. The molecule has 0 aliphatic carbocycles. The maximum absolute atomic E-state index is 11.4. The van der Waals surface area contributed by atoms with Gasteiger partial charge in [-0.3, -0.25) is 0 Å². The predicted octanol–water partition coefficient (Wildman–Crippen LogP) is 2.08. The van der Waals surface area contributed by atoms with Crippen LogP contribution in [-0.4, -0.2) is 24.5 Å². The lowest BCUT2D eigenvalue weighted by Crippen LogP contribution is -2.32. The Morgan fingerprint density at radius 1 is 1.50 bits per heavy atom. The lowest BCUT2D eigenvalue weighted by molar-refractivity contribution is 0.0797. The van der Waals surface area contributed by atoms with E-state index in [9.17, 15) is 4.79 Å². The average molecular weight is 248 g/mol. The van der Waals surface area contributed by atoms with Gasteiger partial charge >= 0.3 is 6.09 Å². The Balaban J connectivity index is 1.64. The Kier molecular flexibility index (Phi) is 4.17. The summed E-state index contributed by atoms with van der Waals surface area (Å²) in [5.41, 5.74) is 1.91. The van der Waals surface area contributed by atoms with Gasteiger partial charge in [-0.2, -0.15) is 0 Å². The zero-order chi connectivity index (χ0) is 12.8. The summed E-state index contributed by atoms with van der Waals surface area (Å²) in [4.78, 5) is 16.5. The highest BCUT2D eigenvalue weighted by Crippen LogP contribution is 2.08. The molecule has 1 aliphatic heterocycles. The number of carbonyl (C=O) groups is 1. The van der Waals surface area contributed by atoms with E-state index >= 15 is 0 Å². The molecule has 5 nitrogen and oxygen atoms in total. The van der Waals surface area contributed by atoms with Crippen molar-refractivity contribution in [3.8, 4) is 0 Å². The first-order valence-electron chi connectivity index (χ1n) is 5.88. The maximum atomic E-state index is 11.4. The lowest BCUT2D eigenvalue weighted by atomic mass is 10.2. The van der Waals surface area contributed by atoms with Crippen LogP contribution in [0.1, 0.15) is 18.9 Å². The molecule has 18 heavy (non-hydrogen) atoms. The van der Waals surface area contributed by atoms with Gasteiger partial charge in [0.1, 0.15) is 12.7 Å². The minimum atomic E-state index is -0.438. The van der Waals surface area contributed by atoms with Crippen LogP contribution >= 0.6 is 0 Å². The number of nitrogens with one attached hydrogen (secondary N) is 1. The first-order chi connectivity index (χ1) is 8.74. The molecule has 1 aliphatic rings. The Hall–Kier alpha value is -2.04. The number of amides is 1. The third-order valence-corrected chi connectivity index (χ3v) is 2.57. The second-order valence-corrected chi connectivity index (χ2v) is 4.20. The summed E-state index contributed by atoms with van der Waals surface area (Å²) < 4.78 is 5.07. The van der Waals surface area contributed by atoms with Gasteiger partial charge in [-0.25, -0.2) is 4.79 Å². The number of carbonyl (C=O) groups excluding carboxylic acids is 1. The molecule has 1 N–H and O–H groups in total. The van der Waals surface area contributed by atoms with Crippen molar-refractivity contribution in [2.75, 3.05) is 6.54 Å². The Morgan fingerprint density at radius 2 is 2.28 bits per heavy atom. The van der Waals surface area contributed by atoms with Gasteiger partial charge in [-0.05, 0) is 12.5 Å². The van der Waals surface area contributed by atoms with E-state index in [1.54, 1.807) is 0 Å². The van der Waals surface area contributed by atoms with Gasteiger partial charge in [0.25, 0.3) is 0 Å². The van der Waals surface area contributed by atoms with Crippen molar-refractivity contribution in [1.82, 2.24) is 5.32 Å². The van der Waals surface area contributed by atoms with E-state index in [0.29, 0.717) is 6.54 Å². The summed E-state index contributed by atoms with van der Waals surface area (Å²) >= 11 is 0. The van der Waals surface area contributed by atoms with E-state index in [0.717, 1.165) is 17.7 Å². The summed E-state index contributed by atoms with van der Waals surface area (Å²) in [6, 6.07) is 9.55. The van der Waals surface area contributed by atoms with E-state index in [2.05, 4.69) is 10.5 Å². The molecule has 0 spiro atoms. The zero-order valence-corrected chi connectivity index (χ0v) is 10.3. The van der Waals surface area contributed by atoms with Crippen LogP contribution in [0.25, 0.3) is 0 Å². The van der Waals surface area contributed by atoms with Crippen LogP contribution in [0.15, 0.2) is 35.5 Å². The summed E-state index contributed by atoms with van der Waals surface area (Å²) in [7, 11) is 0. The van der Waals surface area contributed by atoms with E-state index < -0.39 is 6.09 Å². The fourth-order valence-corrected chi connectivity index (χ4v) is 1.65. The van der Waals surface area contributed by atoms with Gasteiger partial charge in [0.05, 0.1) is 12.3 Å². The second-order valence-electron chi connectivity index (χ2n) is 4.20. The quantitative estimate of drug-likeness (QED) is 0.887. The number of benzene rings is 1. The Morgan fingerprint density at radius 3 is 2.94 bits per heavy atom. The van der Waals surface area contributed by atoms with Crippen LogP contribution < -0.4 is 5.32 Å². The molecule has 0 bridgehead atoms.